The number of carbonyl (C=O) groups excluding carboxylic acids is 1. The van der Waals surface area contributed by atoms with Gasteiger partial charge < -0.3 is 19.4 Å². The Morgan fingerprint density at radius 1 is 0.879 bits per heavy atom. The molecule has 0 aliphatic rings. The number of unbranched alkanes of at least 4 members (excludes halogenated alkanes) is 8. The maximum Gasteiger partial charge on any atom is 0.326 e. The number of pyridine rings is 1. The van der Waals surface area contributed by atoms with Gasteiger partial charge in [-0.25, -0.2) is 0 Å². The first-order valence-electron chi connectivity index (χ1n) is 12.4. The number of nitrogens with one attached hydrogen (secondary N) is 1. The fourth-order valence-corrected chi connectivity index (χ4v) is 3.67. The van der Waals surface area contributed by atoms with Crippen molar-refractivity contribution < 1.29 is 14.3 Å². The second-order valence-corrected chi connectivity index (χ2v) is 8.34. The highest BCUT2D eigenvalue weighted by atomic mass is 16.5. The summed E-state index contributed by atoms with van der Waals surface area (Å²) in [6.07, 6.45) is 12.8. The fourth-order valence-electron chi connectivity index (χ4n) is 3.67. The Morgan fingerprint density at radius 2 is 1.55 bits per heavy atom. The molecule has 0 bridgehead atoms. The minimum atomic E-state index is -0.395. The van der Waals surface area contributed by atoms with Crippen LogP contribution in [0.25, 0.3) is 0 Å². The van der Waals surface area contributed by atoms with E-state index < -0.39 is 5.97 Å². The molecule has 0 spiro atoms. The van der Waals surface area contributed by atoms with Gasteiger partial charge in [0.15, 0.2) is 0 Å². The normalized spacial score (nSPS) is 10.8. The van der Waals surface area contributed by atoms with Gasteiger partial charge in [-0.3, -0.25) is 9.59 Å². The summed E-state index contributed by atoms with van der Waals surface area (Å²) in [7, 11) is 0. The molecule has 0 fully saturated rings. The highest BCUT2D eigenvalue weighted by Gasteiger charge is 2.05. The number of hydrogen-bond acceptors (Lipinski definition) is 5. The number of esters is 1. The van der Waals surface area contributed by atoms with E-state index >= 15 is 0 Å². The monoisotopic (exact) mass is 456 g/mol. The predicted octanol–water partition coefficient (Wildman–Crippen LogP) is 5.55. The molecule has 1 heterocycles. The summed E-state index contributed by atoms with van der Waals surface area (Å²) in [6, 6.07) is 13.6. The molecule has 0 aliphatic carbocycles. The van der Waals surface area contributed by atoms with Crippen LogP contribution >= 0.6 is 0 Å². The van der Waals surface area contributed by atoms with Crippen molar-refractivity contribution in [2.24, 2.45) is 0 Å². The number of carbonyl (C=O) groups is 1. The van der Waals surface area contributed by atoms with Crippen molar-refractivity contribution in [2.45, 2.75) is 77.9 Å². The lowest BCUT2D eigenvalue weighted by Gasteiger charge is -2.10. The van der Waals surface area contributed by atoms with Crippen molar-refractivity contribution in [1.29, 1.82) is 0 Å². The summed E-state index contributed by atoms with van der Waals surface area (Å²) in [5, 5.41) is 3.34. The molecule has 1 aromatic heterocycles. The van der Waals surface area contributed by atoms with E-state index in [1.54, 1.807) is 19.2 Å². The van der Waals surface area contributed by atoms with E-state index in [0.717, 1.165) is 31.7 Å². The van der Waals surface area contributed by atoms with Crippen LogP contribution in [-0.4, -0.2) is 30.3 Å². The maximum atomic E-state index is 11.9. The third-order valence-electron chi connectivity index (χ3n) is 5.49. The van der Waals surface area contributed by atoms with Gasteiger partial charge in [-0.15, -0.1) is 0 Å². The molecule has 2 aromatic rings. The average molecular weight is 457 g/mol. The van der Waals surface area contributed by atoms with Gasteiger partial charge in [0.05, 0.1) is 18.9 Å². The minimum absolute atomic E-state index is 0.0527. The highest BCUT2D eigenvalue weighted by Crippen LogP contribution is 2.11. The van der Waals surface area contributed by atoms with Crippen molar-refractivity contribution in [3.05, 3.63) is 64.6 Å². The van der Waals surface area contributed by atoms with Crippen LogP contribution in [0.15, 0.2) is 53.5 Å². The molecule has 0 radical (unpaired) electrons. The standard InChI is InChI=1S/C27H40N2O4/c1-2-33-27(31)22-29-21-25(17-18-26(29)30)28-19-13-8-6-4-3-5-7-9-14-20-32-23-24-15-11-10-12-16-24/h10-12,15-18,21,28H,2-9,13-14,19-20,22-23H2,1H3. The molecule has 33 heavy (non-hydrogen) atoms. The van der Waals surface area contributed by atoms with Crippen LogP contribution in [-0.2, 0) is 27.4 Å². The molecular weight excluding hydrogens is 416 g/mol. The summed E-state index contributed by atoms with van der Waals surface area (Å²) in [4.78, 5) is 23.5. The molecule has 182 valence electrons. The molecule has 0 saturated carbocycles. The quantitative estimate of drug-likeness (QED) is 0.235. The topological polar surface area (TPSA) is 69.6 Å². The smallest absolute Gasteiger partial charge is 0.326 e. The minimum Gasteiger partial charge on any atom is -0.465 e. The van der Waals surface area contributed by atoms with Crippen LogP contribution in [0.2, 0.25) is 0 Å². The molecule has 0 unspecified atom stereocenters. The number of nitrogens with zero attached hydrogens (tertiary/aromatic N) is 1. The van der Waals surface area contributed by atoms with Crippen LogP contribution in [0.3, 0.4) is 0 Å². The van der Waals surface area contributed by atoms with Crippen molar-refractivity contribution in [2.75, 3.05) is 25.1 Å². The molecule has 6 heteroatoms. The zero-order valence-corrected chi connectivity index (χ0v) is 20.1. The van der Waals surface area contributed by atoms with Crippen LogP contribution in [0.1, 0.15) is 70.3 Å². The number of hydrogen-bond donors (Lipinski definition) is 1. The molecule has 1 aromatic carbocycles. The number of anilines is 1. The molecule has 1 N–H and O–H groups in total. The zero-order valence-electron chi connectivity index (χ0n) is 20.1. The lowest BCUT2D eigenvalue weighted by molar-refractivity contribution is -0.143. The van der Waals surface area contributed by atoms with Gasteiger partial charge in [-0.1, -0.05) is 75.3 Å². The highest BCUT2D eigenvalue weighted by molar-refractivity contribution is 5.69. The van der Waals surface area contributed by atoms with Crippen molar-refractivity contribution in [3.63, 3.8) is 0 Å². The van der Waals surface area contributed by atoms with Crippen LogP contribution in [0, 0.1) is 0 Å². The summed E-state index contributed by atoms with van der Waals surface area (Å²) in [6.45, 7) is 4.44. The average Bonchev–Trinajstić information content (AvgIpc) is 2.82. The van der Waals surface area contributed by atoms with Crippen molar-refractivity contribution in [3.8, 4) is 0 Å². The number of ether oxygens (including phenoxy) is 2. The first-order valence-corrected chi connectivity index (χ1v) is 12.4. The molecule has 2 rings (SSSR count). The molecule has 0 amide bonds. The lowest BCUT2D eigenvalue weighted by atomic mass is 10.1. The molecule has 6 nitrogen and oxygen atoms in total. The summed E-state index contributed by atoms with van der Waals surface area (Å²) >= 11 is 0. The van der Waals surface area contributed by atoms with Crippen molar-refractivity contribution >= 4 is 11.7 Å². The Kier molecular flexibility index (Phi) is 13.7. The summed E-state index contributed by atoms with van der Waals surface area (Å²) < 4.78 is 12.0. The second kappa shape index (κ2) is 17.0. The van der Waals surface area contributed by atoms with Crippen molar-refractivity contribution in [1.82, 2.24) is 4.57 Å². The number of aromatic nitrogens is 1. The number of benzene rings is 1. The zero-order chi connectivity index (χ0) is 23.6. The van der Waals surface area contributed by atoms with E-state index in [4.69, 9.17) is 9.47 Å². The SMILES string of the molecule is CCOC(=O)Cn1cc(NCCCCCCCCCCCOCc2ccccc2)ccc1=O. The van der Waals surface area contributed by atoms with Crippen LogP contribution in [0.5, 0.6) is 0 Å². The maximum absolute atomic E-state index is 11.9. The Balaban J connectivity index is 1.41. The van der Waals surface area contributed by atoms with E-state index in [-0.39, 0.29) is 12.1 Å². The van der Waals surface area contributed by atoms with E-state index in [1.807, 2.05) is 18.2 Å². The first-order chi connectivity index (χ1) is 16.2. The molecule has 0 saturated heterocycles. The fraction of sp³-hybridized carbons (Fsp3) is 0.556. The van der Waals surface area contributed by atoms with Gasteiger partial charge >= 0.3 is 5.97 Å². The Hall–Kier alpha value is -2.60. The van der Waals surface area contributed by atoms with E-state index in [1.165, 1.54) is 61.1 Å². The van der Waals surface area contributed by atoms with Crippen LogP contribution in [0.4, 0.5) is 5.69 Å². The third-order valence-corrected chi connectivity index (χ3v) is 5.49. The Labute approximate surface area is 198 Å². The van der Waals surface area contributed by atoms with E-state index in [9.17, 15) is 9.59 Å². The van der Waals surface area contributed by atoms with Gasteiger partial charge in [0.1, 0.15) is 6.54 Å². The van der Waals surface area contributed by atoms with Gasteiger partial charge in [0.2, 0.25) is 0 Å². The van der Waals surface area contributed by atoms with E-state index in [2.05, 4.69) is 17.4 Å². The summed E-state index contributed by atoms with van der Waals surface area (Å²) in [5.41, 5.74) is 1.89. The lowest BCUT2D eigenvalue weighted by Crippen LogP contribution is -2.24. The van der Waals surface area contributed by atoms with Crippen LogP contribution < -0.4 is 10.9 Å². The Bertz CT molecular complexity index is 836. The second-order valence-electron chi connectivity index (χ2n) is 8.34. The predicted molar refractivity (Wildman–Crippen MR) is 133 cm³/mol. The van der Waals surface area contributed by atoms with E-state index in [0.29, 0.717) is 13.2 Å². The van der Waals surface area contributed by atoms with Gasteiger partial charge in [0, 0.05) is 25.4 Å². The molecular formula is C27H40N2O4. The number of rotatable bonds is 18. The third kappa shape index (κ3) is 12.3. The molecule has 0 atom stereocenters. The van der Waals surface area contributed by atoms with Gasteiger partial charge in [0.25, 0.3) is 5.56 Å². The van der Waals surface area contributed by atoms with Gasteiger partial charge in [-0.2, -0.15) is 0 Å². The Morgan fingerprint density at radius 3 is 2.24 bits per heavy atom. The molecule has 0 aliphatic heterocycles. The van der Waals surface area contributed by atoms with Gasteiger partial charge in [-0.05, 0) is 31.4 Å². The largest absolute Gasteiger partial charge is 0.465 e. The first kappa shape index (κ1) is 26.7. The summed E-state index contributed by atoms with van der Waals surface area (Å²) in [5.74, 6) is -0.395.